The van der Waals surface area contributed by atoms with Gasteiger partial charge in [-0.05, 0) is 18.9 Å². The third kappa shape index (κ3) is 1.70. The first-order valence-electron chi connectivity index (χ1n) is 6.95. The van der Waals surface area contributed by atoms with Crippen LogP contribution >= 0.6 is 0 Å². The van der Waals surface area contributed by atoms with Crippen molar-refractivity contribution in [2.45, 2.75) is 18.9 Å². The maximum Gasteiger partial charge on any atom is 0.341 e. The SMILES string of the molecule is O=C(O)c1c[nH]c2nc3c(cc2c1=O)NC[C@@H]1CCCN31. The number of rotatable bonds is 1. The Bertz CT molecular complexity index is 814. The molecule has 0 unspecified atom stereocenters. The normalized spacial score (nSPS) is 20.0. The number of hydrogen-bond donors (Lipinski definition) is 3. The quantitative estimate of drug-likeness (QED) is 0.724. The number of carboxylic acids is 1. The second-order valence-electron chi connectivity index (χ2n) is 5.46. The van der Waals surface area contributed by atoms with Crippen LogP contribution in [0.4, 0.5) is 11.5 Å². The molecule has 2 aromatic rings. The first-order valence-corrected chi connectivity index (χ1v) is 6.95. The van der Waals surface area contributed by atoms with E-state index >= 15 is 0 Å². The van der Waals surface area contributed by atoms with E-state index in [-0.39, 0.29) is 5.56 Å². The molecule has 2 aliphatic heterocycles. The number of carbonyl (C=O) groups is 1. The fourth-order valence-electron chi connectivity index (χ4n) is 3.20. The largest absolute Gasteiger partial charge is 0.477 e. The van der Waals surface area contributed by atoms with Gasteiger partial charge >= 0.3 is 5.97 Å². The van der Waals surface area contributed by atoms with Gasteiger partial charge in [-0.2, -0.15) is 0 Å². The first kappa shape index (κ1) is 12.2. The predicted molar refractivity (Wildman–Crippen MR) is 78.2 cm³/mol. The molecule has 7 nitrogen and oxygen atoms in total. The van der Waals surface area contributed by atoms with Crippen molar-refractivity contribution in [3.8, 4) is 0 Å². The molecular formula is C14H14N4O3. The van der Waals surface area contributed by atoms with Crippen LogP contribution in [0, 0.1) is 0 Å². The van der Waals surface area contributed by atoms with Crippen LogP contribution in [0.3, 0.4) is 0 Å². The van der Waals surface area contributed by atoms with Crippen LogP contribution in [0.5, 0.6) is 0 Å². The number of aromatic carboxylic acids is 1. The summed E-state index contributed by atoms with van der Waals surface area (Å²) in [7, 11) is 0. The van der Waals surface area contributed by atoms with Crippen molar-refractivity contribution < 1.29 is 9.90 Å². The zero-order valence-electron chi connectivity index (χ0n) is 11.2. The van der Waals surface area contributed by atoms with Crippen molar-refractivity contribution in [1.29, 1.82) is 0 Å². The summed E-state index contributed by atoms with van der Waals surface area (Å²) < 4.78 is 0. The van der Waals surface area contributed by atoms with Crippen molar-refractivity contribution in [3.05, 3.63) is 28.0 Å². The van der Waals surface area contributed by atoms with Gasteiger partial charge in [0.25, 0.3) is 0 Å². The smallest absolute Gasteiger partial charge is 0.341 e. The van der Waals surface area contributed by atoms with Crippen LogP contribution in [0.2, 0.25) is 0 Å². The number of carboxylic acid groups (broad SMARTS) is 1. The molecule has 2 aromatic heterocycles. The highest BCUT2D eigenvalue weighted by atomic mass is 16.4. The van der Waals surface area contributed by atoms with Crippen molar-refractivity contribution in [2.24, 2.45) is 0 Å². The average Bonchev–Trinajstić information content (AvgIpc) is 2.94. The van der Waals surface area contributed by atoms with E-state index in [1.54, 1.807) is 6.07 Å². The van der Waals surface area contributed by atoms with E-state index in [0.29, 0.717) is 17.1 Å². The number of nitrogens with zero attached hydrogens (tertiary/aromatic N) is 2. The summed E-state index contributed by atoms with van der Waals surface area (Å²) in [5.74, 6) is -0.390. The zero-order chi connectivity index (χ0) is 14.6. The van der Waals surface area contributed by atoms with Gasteiger partial charge in [0.2, 0.25) is 5.43 Å². The molecule has 4 rings (SSSR count). The predicted octanol–water partition coefficient (Wildman–Crippen LogP) is 1.02. The van der Waals surface area contributed by atoms with E-state index in [2.05, 4.69) is 20.2 Å². The van der Waals surface area contributed by atoms with E-state index < -0.39 is 11.4 Å². The molecule has 1 atom stereocenters. The van der Waals surface area contributed by atoms with Crippen LogP contribution in [-0.4, -0.2) is 40.2 Å². The van der Waals surface area contributed by atoms with Crippen LogP contribution in [0.25, 0.3) is 11.0 Å². The lowest BCUT2D eigenvalue weighted by atomic mass is 10.1. The number of anilines is 2. The highest BCUT2D eigenvalue weighted by molar-refractivity contribution is 5.93. The number of pyridine rings is 2. The van der Waals surface area contributed by atoms with E-state index in [4.69, 9.17) is 5.11 Å². The Kier molecular flexibility index (Phi) is 2.44. The van der Waals surface area contributed by atoms with Crippen molar-refractivity contribution in [3.63, 3.8) is 0 Å². The molecule has 21 heavy (non-hydrogen) atoms. The van der Waals surface area contributed by atoms with Gasteiger partial charge in [-0.15, -0.1) is 0 Å². The molecule has 0 aromatic carbocycles. The molecule has 0 saturated carbocycles. The van der Waals surface area contributed by atoms with Crippen LogP contribution in [0.1, 0.15) is 23.2 Å². The number of nitrogens with one attached hydrogen (secondary N) is 2. The average molecular weight is 286 g/mol. The van der Waals surface area contributed by atoms with Crippen LogP contribution in [-0.2, 0) is 0 Å². The molecular weight excluding hydrogens is 272 g/mol. The molecule has 0 radical (unpaired) electrons. The fraction of sp³-hybridized carbons (Fsp3) is 0.357. The summed E-state index contributed by atoms with van der Waals surface area (Å²) in [6.07, 6.45) is 3.49. The second kappa shape index (κ2) is 4.21. The molecule has 7 heteroatoms. The first-order chi connectivity index (χ1) is 10.1. The molecule has 108 valence electrons. The Morgan fingerprint density at radius 2 is 2.33 bits per heavy atom. The molecule has 0 amide bonds. The Balaban J connectivity index is 1.95. The number of hydrogen-bond acceptors (Lipinski definition) is 5. The fourth-order valence-corrected chi connectivity index (χ4v) is 3.20. The maximum absolute atomic E-state index is 12.2. The highest BCUT2D eigenvalue weighted by Gasteiger charge is 2.31. The molecule has 3 N–H and O–H groups in total. The van der Waals surface area contributed by atoms with Gasteiger partial charge in [-0.3, -0.25) is 4.79 Å². The van der Waals surface area contributed by atoms with E-state index in [0.717, 1.165) is 37.4 Å². The van der Waals surface area contributed by atoms with Gasteiger partial charge in [0.15, 0.2) is 5.82 Å². The molecule has 0 bridgehead atoms. The van der Waals surface area contributed by atoms with E-state index in [1.165, 1.54) is 6.20 Å². The van der Waals surface area contributed by atoms with Crippen molar-refractivity contribution >= 4 is 28.5 Å². The van der Waals surface area contributed by atoms with Crippen molar-refractivity contribution in [1.82, 2.24) is 9.97 Å². The van der Waals surface area contributed by atoms with Crippen molar-refractivity contribution in [2.75, 3.05) is 23.3 Å². The van der Waals surface area contributed by atoms with Gasteiger partial charge in [0, 0.05) is 25.3 Å². The molecule has 1 saturated heterocycles. The molecule has 0 spiro atoms. The minimum atomic E-state index is -1.23. The zero-order valence-corrected chi connectivity index (χ0v) is 11.2. The highest BCUT2D eigenvalue weighted by Crippen LogP contribution is 2.35. The minimum Gasteiger partial charge on any atom is -0.477 e. The van der Waals surface area contributed by atoms with Gasteiger partial charge in [-0.25, -0.2) is 9.78 Å². The monoisotopic (exact) mass is 286 g/mol. The third-order valence-electron chi connectivity index (χ3n) is 4.25. The van der Waals surface area contributed by atoms with Crippen LogP contribution in [0.15, 0.2) is 17.1 Å². The molecule has 2 aliphatic rings. The minimum absolute atomic E-state index is 0.265. The maximum atomic E-state index is 12.2. The lowest BCUT2D eigenvalue weighted by molar-refractivity contribution is 0.0695. The van der Waals surface area contributed by atoms with E-state index in [9.17, 15) is 9.59 Å². The number of aromatic nitrogens is 2. The summed E-state index contributed by atoms with van der Waals surface area (Å²) in [6.45, 7) is 1.80. The molecule has 1 fully saturated rings. The van der Waals surface area contributed by atoms with Gasteiger partial charge in [-0.1, -0.05) is 0 Å². The topological polar surface area (TPSA) is 98.3 Å². The summed E-state index contributed by atoms with van der Waals surface area (Å²) in [4.78, 5) is 32.9. The summed E-state index contributed by atoms with van der Waals surface area (Å²) >= 11 is 0. The Labute approximate surface area is 119 Å². The van der Waals surface area contributed by atoms with E-state index in [1.807, 2.05) is 0 Å². The summed E-state index contributed by atoms with van der Waals surface area (Å²) in [6, 6.07) is 2.16. The lowest BCUT2D eigenvalue weighted by Gasteiger charge is -2.33. The molecule has 0 aliphatic carbocycles. The Hall–Kier alpha value is -2.57. The summed E-state index contributed by atoms with van der Waals surface area (Å²) in [5.41, 5.74) is 0.461. The molecule has 4 heterocycles. The lowest BCUT2D eigenvalue weighted by Crippen LogP contribution is -2.40. The standard InChI is InChI=1S/C14H14N4O3/c19-11-8-4-10-13(18-3-1-2-7(18)5-15-10)17-12(8)16-6-9(11)14(20)21/h4,6-7,15H,1-3,5H2,(H,20,21)(H,16,17,19)/t7-/m0/s1. The van der Waals surface area contributed by atoms with Crippen LogP contribution < -0.4 is 15.6 Å². The number of fused-ring (bicyclic) bond motifs is 4. The second-order valence-corrected chi connectivity index (χ2v) is 5.46. The van der Waals surface area contributed by atoms with Gasteiger partial charge in [0.1, 0.15) is 11.2 Å². The Morgan fingerprint density at radius 1 is 1.48 bits per heavy atom. The third-order valence-corrected chi connectivity index (χ3v) is 4.25. The summed E-state index contributed by atoms with van der Waals surface area (Å²) in [5, 5.41) is 12.6. The number of H-pyrrole nitrogens is 1. The van der Waals surface area contributed by atoms with Gasteiger partial charge in [0.05, 0.1) is 11.1 Å². The van der Waals surface area contributed by atoms with Gasteiger partial charge < -0.3 is 20.3 Å². The Morgan fingerprint density at radius 3 is 3.14 bits per heavy atom. The number of aromatic amines is 1.